The summed E-state index contributed by atoms with van der Waals surface area (Å²) in [6.07, 6.45) is 10.4. The average molecular weight is 529 g/mol. The van der Waals surface area contributed by atoms with Crippen molar-refractivity contribution >= 4 is 24.5 Å². The van der Waals surface area contributed by atoms with Crippen molar-refractivity contribution in [1.29, 1.82) is 5.26 Å². The summed E-state index contributed by atoms with van der Waals surface area (Å²) in [4.78, 5) is 45.0. The van der Waals surface area contributed by atoms with Crippen LogP contribution in [0.1, 0.15) is 85.5 Å². The highest BCUT2D eigenvalue weighted by Crippen LogP contribution is 2.62. The van der Waals surface area contributed by atoms with Crippen LogP contribution in [0.15, 0.2) is 0 Å². The molecular weight excluding hydrogens is 484 g/mol. The second-order valence-electron chi connectivity index (χ2n) is 12.9. The molecule has 0 radical (unpaired) electrons. The van der Waals surface area contributed by atoms with Gasteiger partial charge in [-0.25, -0.2) is 0 Å². The molecule has 9 nitrogen and oxygen atoms in total. The molecule has 0 aromatic heterocycles. The minimum atomic E-state index is -0.549. The summed E-state index contributed by atoms with van der Waals surface area (Å²) in [6.45, 7) is 10.2. The first-order valence-corrected chi connectivity index (χ1v) is 14.3. The van der Waals surface area contributed by atoms with Gasteiger partial charge in [0.25, 0.3) is 0 Å². The van der Waals surface area contributed by atoms with Crippen molar-refractivity contribution in [3.8, 4) is 6.07 Å². The third kappa shape index (κ3) is 6.39. The summed E-state index contributed by atoms with van der Waals surface area (Å²) in [5.74, 6) is 2.53. The van der Waals surface area contributed by atoms with Gasteiger partial charge in [-0.05, 0) is 88.4 Å². The van der Waals surface area contributed by atoms with Gasteiger partial charge in [-0.15, -0.1) is 0 Å². The number of hydrogen-bond donors (Lipinski definition) is 2. The summed E-state index contributed by atoms with van der Waals surface area (Å²) in [5.41, 5.74) is 0.723. The Hall–Kier alpha value is -2.47. The third-order valence-electron chi connectivity index (χ3n) is 9.63. The molecule has 210 valence electrons. The maximum atomic E-state index is 12.4. The number of rotatable bonds is 9. The number of carbonyl (C=O) groups is 4. The lowest BCUT2D eigenvalue weighted by Crippen LogP contribution is -2.36. The number of carbonyl (C=O) groups excluding carboxylic acids is 4. The molecule has 6 aliphatic rings. The van der Waals surface area contributed by atoms with E-state index in [4.69, 9.17) is 14.8 Å². The zero-order valence-electron chi connectivity index (χ0n) is 23.3. The van der Waals surface area contributed by atoms with Crippen LogP contribution in [-0.2, 0) is 23.9 Å². The van der Waals surface area contributed by atoms with Crippen LogP contribution in [0.5, 0.6) is 0 Å². The lowest BCUT2D eigenvalue weighted by atomic mass is 9.96. The molecule has 2 heterocycles. The van der Waals surface area contributed by atoms with Gasteiger partial charge < -0.3 is 25.1 Å². The molecular formula is C29H44N4O5. The van der Waals surface area contributed by atoms with Gasteiger partial charge in [0.05, 0.1) is 24.2 Å². The number of amides is 3. The van der Waals surface area contributed by atoms with Crippen LogP contribution < -0.4 is 10.6 Å². The van der Waals surface area contributed by atoms with Crippen molar-refractivity contribution < 1.29 is 23.9 Å². The van der Waals surface area contributed by atoms with Crippen LogP contribution >= 0.6 is 0 Å². The molecule has 9 heteroatoms. The number of nitrogens with zero attached hydrogens (tertiary/aromatic N) is 2. The van der Waals surface area contributed by atoms with Gasteiger partial charge in [-0.1, -0.05) is 13.8 Å². The second-order valence-corrected chi connectivity index (χ2v) is 12.9. The molecule has 2 N–H and O–H groups in total. The Morgan fingerprint density at radius 2 is 1.82 bits per heavy atom. The standard InChI is InChI=1S/C17H27NO2.C10H13N3O2.C2H4O/c1-11(20-17(6-7-17)12-4-5-12)8-15(19)18-9-13-14(10-18)16(13,2)3;11-5-8(12-6-14)3-7-4-10(1-2-10)13-9(7)15;1-2-3/h11-14H,4-10H2,1-3H3;6-8H,1-4H2,(H,12,14)(H,13,15);2H,1H3/t11-,13?,14?;;/m1../s1. The molecule has 3 amide bonds. The third-order valence-corrected chi connectivity index (χ3v) is 9.63. The van der Waals surface area contributed by atoms with Crippen molar-refractivity contribution in [3.63, 3.8) is 0 Å². The van der Waals surface area contributed by atoms with E-state index in [-0.39, 0.29) is 29.1 Å². The summed E-state index contributed by atoms with van der Waals surface area (Å²) >= 11 is 0. The number of fused-ring (bicyclic) bond motifs is 1. The van der Waals surface area contributed by atoms with E-state index >= 15 is 0 Å². The zero-order valence-corrected chi connectivity index (χ0v) is 23.3. The lowest BCUT2D eigenvalue weighted by Gasteiger charge is -2.26. The van der Waals surface area contributed by atoms with Crippen molar-refractivity contribution in [2.45, 2.75) is 109 Å². The molecule has 0 aromatic rings. The average Bonchev–Trinajstić information content (AvgIpc) is 3.75. The summed E-state index contributed by atoms with van der Waals surface area (Å²) < 4.78 is 6.23. The number of piperidine rings is 1. The summed E-state index contributed by atoms with van der Waals surface area (Å²) in [7, 11) is 0. The maximum absolute atomic E-state index is 12.4. The Labute approximate surface area is 226 Å². The van der Waals surface area contributed by atoms with Crippen molar-refractivity contribution in [2.24, 2.45) is 29.1 Å². The molecule has 4 saturated carbocycles. The van der Waals surface area contributed by atoms with Crippen LogP contribution in [0.25, 0.3) is 0 Å². The minimum Gasteiger partial charge on any atom is -0.371 e. The number of nitrogens with one attached hydrogen (secondary N) is 2. The fraction of sp³-hybridized carbons (Fsp3) is 0.828. The zero-order chi connectivity index (χ0) is 27.7. The van der Waals surface area contributed by atoms with Gasteiger partial charge in [0.15, 0.2) is 0 Å². The molecule has 4 aliphatic carbocycles. The molecule has 38 heavy (non-hydrogen) atoms. The molecule has 6 rings (SSSR count). The fourth-order valence-electron chi connectivity index (χ4n) is 6.68. The Morgan fingerprint density at radius 3 is 2.26 bits per heavy atom. The molecule has 0 aromatic carbocycles. The Balaban J connectivity index is 0.000000167. The van der Waals surface area contributed by atoms with Crippen LogP contribution in [0.3, 0.4) is 0 Å². The smallest absolute Gasteiger partial charge is 0.225 e. The molecule has 0 bridgehead atoms. The van der Waals surface area contributed by atoms with E-state index in [1.54, 1.807) is 0 Å². The van der Waals surface area contributed by atoms with E-state index < -0.39 is 6.04 Å². The molecule has 2 saturated heterocycles. The van der Waals surface area contributed by atoms with E-state index in [1.807, 2.05) is 6.07 Å². The van der Waals surface area contributed by atoms with Crippen molar-refractivity contribution in [1.82, 2.24) is 15.5 Å². The number of ether oxygens (including phenoxy) is 1. The quantitative estimate of drug-likeness (QED) is 0.443. The van der Waals surface area contributed by atoms with Gasteiger partial charge >= 0.3 is 0 Å². The highest BCUT2D eigenvalue weighted by atomic mass is 16.5. The van der Waals surface area contributed by atoms with Gasteiger partial charge in [0.2, 0.25) is 18.2 Å². The normalized spacial score (nSPS) is 31.1. The van der Waals surface area contributed by atoms with Crippen LogP contribution in [0.4, 0.5) is 0 Å². The Kier molecular flexibility index (Phi) is 8.23. The number of aldehydes is 1. The lowest BCUT2D eigenvalue weighted by molar-refractivity contribution is -0.135. The van der Waals surface area contributed by atoms with E-state index in [9.17, 15) is 14.4 Å². The van der Waals surface area contributed by atoms with Gasteiger partial charge in [0, 0.05) is 24.5 Å². The van der Waals surface area contributed by atoms with Gasteiger partial charge in [-0.2, -0.15) is 5.26 Å². The van der Waals surface area contributed by atoms with Crippen LogP contribution in [0, 0.1) is 40.4 Å². The van der Waals surface area contributed by atoms with Crippen LogP contribution in [-0.4, -0.2) is 65.8 Å². The number of nitriles is 1. The topological polar surface area (TPSA) is 129 Å². The molecule has 1 spiro atoms. The monoisotopic (exact) mass is 528 g/mol. The Morgan fingerprint density at radius 1 is 1.21 bits per heavy atom. The predicted molar refractivity (Wildman–Crippen MR) is 140 cm³/mol. The van der Waals surface area contributed by atoms with Crippen LogP contribution in [0.2, 0.25) is 0 Å². The SMILES string of the molecule is CC=O.C[C@H](CC(=O)N1CC2C(C1)C2(C)C)OC1(C2CC2)CC1.N#CC(CC1CC2(CC2)NC1=O)NC=O. The highest BCUT2D eigenvalue weighted by Gasteiger charge is 2.62. The van der Waals surface area contributed by atoms with Crippen molar-refractivity contribution in [2.75, 3.05) is 13.1 Å². The van der Waals surface area contributed by atoms with Gasteiger partial charge in [0.1, 0.15) is 12.3 Å². The molecule has 6 fully saturated rings. The fourth-order valence-corrected chi connectivity index (χ4v) is 6.68. The first kappa shape index (κ1) is 28.5. The summed E-state index contributed by atoms with van der Waals surface area (Å²) in [5, 5.41) is 14.1. The van der Waals surface area contributed by atoms with E-state index in [0.717, 1.165) is 56.4 Å². The molecule has 4 unspecified atom stereocenters. The first-order valence-electron chi connectivity index (χ1n) is 14.3. The van der Waals surface area contributed by atoms with Crippen molar-refractivity contribution in [3.05, 3.63) is 0 Å². The number of likely N-dealkylation sites (tertiary alicyclic amines) is 1. The van der Waals surface area contributed by atoms with Gasteiger partial charge in [-0.3, -0.25) is 14.4 Å². The first-order chi connectivity index (χ1) is 18.0. The Bertz CT molecular complexity index is 949. The van der Waals surface area contributed by atoms with E-state index in [1.165, 1.54) is 32.6 Å². The maximum Gasteiger partial charge on any atom is 0.225 e. The largest absolute Gasteiger partial charge is 0.371 e. The molecule has 2 aliphatic heterocycles. The predicted octanol–water partition coefficient (Wildman–Crippen LogP) is 2.73. The highest BCUT2D eigenvalue weighted by molar-refractivity contribution is 5.83. The molecule has 5 atom stereocenters. The van der Waals surface area contributed by atoms with E-state index in [0.29, 0.717) is 30.6 Å². The van der Waals surface area contributed by atoms with E-state index in [2.05, 4.69) is 36.3 Å². The summed E-state index contributed by atoms with van der Waals surface area (Å²) in [6, 6.07) is 1.43. The minimum absolute atomic E-state index is 0.0282. The number of hydrogen-bond acceptors (Lipinski definition) is 6. The second kappa shape index (κ2) is 11.0.